The van der Waals surface area contributed by atoms with E-state index in [-0.39, 0.29) is 11.9 Å². The highest BCUT2D eigenvalue weighted by Gasteiger charge is 2.18. The predicted molar refractivity (Wildman–Crippen MR) is 82.3 cm³/mol. The zero-order valence-electron chi connectivity index (χ0n) is 12.1. The van der Waals surface area contributed by atoms with Crippen molar-refractivity contribution in [3.63, 3.8) is 0 Å². The molecular formula is C16H18ClFN2O. The lowest BCUT2D eigenvalue weighted by Crippen LogP contribution is -2.23. The molecule has 2 rings (SSSR count). The van der Waals surface area contributed by atoms with E-state index in [1.54, 1.807) is 24.5 Å². The molecule has 0 aliphatic carbocycles. The molecule has 0 aliphatic heterocycles. The van der Waals surface area contributed by atoms with E-state index in [0.29, 0.717) is 29.5 Å². The summed E-state index contributed by atoms with van der Waals surface area (Å²) in [6, 6.07) is 6.28. The second-order valence-electron chi connectivity index (χ2n) is 4.54. The van der Waals surface area contributed by atoms with Gasteiger partial charge in [0.15, 0.2) is 0 Å². The first kappa shape index (κ1) is 15.7. The van der Waals surface area contributed by atoms with Crippen LogP contribution in [0.1, 0.15) is 31.0 Å². The number of nitrogens with zero attached hydrogens (tertiary/aromatic N) is 1. The van der Waals surface area contributed by atoms with Crippen LogP contribution in [0.15, 0.2) is 36.7 Å². The van der Waals surface area contributed by atoms with Crippen molar-refractivity contribution in [1.82, 2.24) is 10.3 Å². The van der Waals surface area contributed by atoms with Gasteiger partial charge in [-0.25, -0.2) is 4.39 Å². The molecule has 112 valence electrons. The van der Waals surface area contributed by atoms with Gasteiger partial charge in [0.25, 0.3) is 0 Å². The highest BCUT2D eigenvalue weighted by molar-refractivity contribution is 6.30. The Labute approximate surface area is 129 Å². The van der Waals surface area contributed by atoms with Gasteiger partial charge in [-0.15, -0.1) is 0 Å². The fraction of sp³-hybridized carbons (Fsp3) is 0.312. The minimum Gasteiger partial charge on any atom is -0.492 e. The van der Waals surface area contributed by atoms with Crippen molar-refractivity contribution >= 4 is 11.6 Å². The van der Waals surface area contributed by atoms with Crippen LogP contribution in [0.3, 0.4) is 0 Å². The summed E-state index contributed by atoms with van der Waals surface area (Å²) in [6.45, 7) is 5.14. The fourth-order valence-corrected chi connectivity index (χ4v) is 2.34. The molecule has 0 spiro atoms. The molecule has 0 bridgehead atoms. The molecule has 0 saturated heterocycles. The molecule has 0 aliphatic rings. The van der Waals surface area contributed by atoms with E-state index in [1.165, 1.54) is 6.07 Å². The molecule has 1 heterocycles. The number of rotatable bonds is 6. The van der Waals surface area contributed by atoms with E-state index < -0.39 is 0 Å². The first-order valence-electron chi connectivity index (χ1n) is 6.91. The van der Waals surface area contributed by atoms with Gasteiger partial charge in [0, 0.05) is 16.8 Å². The van der Waals surface area contributed by atoms with Gasteiger partial charge in [-0.1, -0.05) is 24.6 Å². The van der Waals surface area contributed by atoms with Crippen LogP contribution in [0.5, 0.6) is 5.75 Å². The number of nitrogens with one attached hydrogen (secondary N) is 1. The van der Waals surface area contributed by atoms with Crippen LogP contribution in [-0.4, -0.2) is 18.1 Å². The number of benzene rings is 1. The molecule has 1 unspecified atom stereocenters. The fourth-order valence-electron chi connectivity index (χ4n) is 2.19. The van der Waals surface area contributed by atoms with Crippen molar-refractivity contribution in [3.8, 4) is 5.75 Å². The highest BCUT2D eigenvalue weighted by Crippen LogP contribution is 2.27. The SMILES string of the molecule is CCNC(c1cncc(OCC)c1)c1ccc(Cl)cc1F. The molecule has 1 aromatic heterocycles. The van der Waals surface area contributed by atoms with E-state index in [0.717, 1.165) is 5.56 Å². The summed E-state index contributed by atoms with van der Waals surface area (Å²) in [7, 11) is 0. The minimum atomic E-state index is -0.338. The topological polar surface area (TPSA) is 34.2 Å². The zero-order valence-corrected chi connectivity index (χ0v) is 12.8. The number of hydrogen-bond donors (Lipinski definition) is 1. The largest absolute Gasteiger partial charge is 0.492 e. The molecule has 21 heavy (non-hydrogen) atoms. The van der Waals surface area contributed by atoms with Crippen LogP contribution in [0.25, 0.3) is 0 Å². The van der Waals surface area contributed by atoms with Crippen molar-refractivity contribution in [2.75, 3.05) is 13.2 Å². The summed E-state index contributed by atoms with van der Waals surface area (Å²) in [5.41, 5.74) is 1.39. The van der Waals surface area contributed by atoms with Gasteiger partial charge in [0.05, 0.1) is 18.8 Å². The van der Waals surface area contributed by atoms with Crippen molar-refractivity contribution in [1.29, 1.82) is 0 Å². The molecule has 0 radical (unpaired) electrons. The van der Waals surface area contributed by atoms with Crippen LogP contribution in [0.2, 0.25) is 5.02 Å². The molecule has 5 heteroatoms. The van der Waals surface area contributed by atoms with Crippen molar-refractivity contribution < 1.29 is 9.13 Å². The Morgan fingerprint density at radius 1 is 1.29 bits per heavy atom. The summed E-state index contributed by atoms with van der Waals surface area (Å²) in [5, 5.41) is 3.65. The monoisotopic (exact) mass is 308 g/mol. The third-order valence-electron chi connectivity index (χ3n) is 3.06. The van der Waals surface area contributed by atoms with Crippen LogP contribution < -0.4 is 10.1 Å². The predicted octanol–water partition coefficient (Wildman–Crippen LogP) is 3.97. The standard InChI is InChI=1S/C16H18ClFN2O/c1-3-20-16(14-6-5-12(17)8-15(14)18)11-7-13(21-4-2)10-19-9-11/h5-10,16,20H,3-4H2,1-2H3. The van der Waals surface area contributed by atoms with Crippen LogP contribution >= 0.6 is 11.6 Å². The third kappa shape index (κ3) is 3.93. The van der Waals surface area contributed by atoms with E-state index in [4.69, 9.17) is 16.3 Å². The smallest absolute Gasteiger partial charge is 0.137 e. The molecular weight excluding hydrogens is 291 g/mol. The summed E-state index contributed by atoms with van der Waals surface area (Å²) < 4.78 is 19.6. The van der Waals surface area contributed by atoms with Crippen molar-refractivity contribution in [2.24, 2.45) is 0 Å². The van der Waals surface area contributed by atoms with Gasteiger partial charge in [-0.2, -0.15) is 0 Å². The lowest BCUT2D eigenvalue weighted by atomic mass is 9.99. The Morgan fingerprint density at radius 3 is 2.76 bits per heavy atom. The normalized spacial score (nSPS) is 12.2. The Hall–Kier alpha value is -1.65. The molecule has 1 aromatic carbocycles. The summed E-state index contributed by atoms with van der Waals surface area (Å²) in [6.07, 6.45) is 3.36. The molecule has 3 nitrogen and oxygen atoms in total. The summed E-state index contributed by atoms with van der Waals surface area (Å²) in [4.78, 5) is 4.17. The molecule has 1 N–H and O–H groups in total. The minimum absolute atomic E-state index is 0.292. The summed E-state index contributed by atoms with van der Waals surface area (Å²) >= 11 is 5.82. The van der Waals surface area contributed by atoms with E-state index in [9.17, 15) is 4.39 Å². The number of ether oxygens (including phenoxy) is 1. The Balaban J connectivity index is 2.40. The Bertz CT molecular complexity index is 607. The third-order valence-corrected chi connectivity index (χ3v) is 3.30. The van der Waals surface area contributed by atoms with Crippen LogP contribution in [0, 0.1) is 5.82 Å². The average Bonchev–Trinajstić information content (AvgIpc) is 2.46. The summed E-state index contributed by atoms with van der Waals surface area (Å²) in [5.74, 6) is 0.336. The second kappa shape index (κ2) is 7.38. The number of halogens is 2. The molecule has 2 aromatic rings. The number of pyridine rings is 1. The van der Waals surface area contributed by atoms with Gasteiger partial charge in [0.2, 0.25) is 0 Å². The van der Waals surface area contributed by atoms with Gasteiger partial charge in [-0.3, -0.25) is 4.98 Å². The maximum Gasteiger partial charge on any atom is 0.137 e. The van der Waals surface area contributed by atoms with Crippen LogP contribution in [0.4, 0.5) is 4.39 Å². The lowest BCUT2D eigenvalue weighted by Gasteiger charge is -2.20. The van der Waals surface area contributed by atoms with Crippen LogP contribution in [-0.2, 0) is 0 Å². The van der Waals surface area contributed by atoms with E-state index in [1.807, 2.05) is 19.9 Å². The molecule has 0 amide bonds. The first-order valence-corrected chi connectivity index (χ1v) is 7.29. The van der Waals surface area contributed by atoms with Gasteiger partial charge < -0.3 is 10.1 Å². The quantitative estimate of drug-likeness (QED) is 0.876. The number of aromatic nitrogens is 1. The Kier molecular flexibility index (Phi) is 5.53. The second-order valence-corrected chi connectivity index (χ2v) is 4.98. The zero-order chi connectivity index (χ0) is 15.2. The molecule has 0 saturated carbocycles. The van der Waals surface area contributed by atoms with Crippen molar-refractivity contribution in [3.05, 3.63) is 58.6 Å². The highest BCUT2D eigenvalue weighted by atomic mass is 35.5. The van der Waals surface area contributed by atoms with Gasteiger partial charge >= 0.3 is 0 Å². The van der Waals surface area contributed by atoms with E-state index in [2.05, 4.69) is 10.3 Å². The average molecular weight is 309 g/mol. The maximum absolute atomic E-state index is 14.2. The Morgan fingerprint density at radius 2 is 2.10 bits per heavy atom. The lowest BCUT2D eigenvalue weighted by molar-refractivity contribution is 0.338. The molecule has 1 atom stereocenters. The van der Waals surface area contributed by atoms with Gasteiger partial charge in [0.1, 0.15) is 11.6 Å². The molecule has 0 fully saturated rings. The van der Waals surface area contributed by atoms with E-state index >= 15 is 0 Å². The maximum atomic E-state index is 14.2. The number of hydrogen-bond acceptors (Lipinski definition) is 3. The van der Waals surface area contributed by atoms with Gasteiger partial charge in [-0.05, 0) is 37.2 Å². The first-order chi connectivity index (χ1) is 10.2. The van der Waals surface area contributed by atoms with Crippen molar-refractivity contribution in [2.45, 2.75) is 19.9 Å².